The highest BCUT2D eigenvalue weighted by Gasteiger charge is 2.15. The number of amides is 1. The Balaban J connectivity index is 1.51. The van der Waals surface area contributed by atoms with Gasteiger partial charge < -0.3 is 19.5 Å². The number of nitrogens with one attached hydrogen (secondary N) is 1. The van der Waals surface area contributed by atoms with Crippen LogP contribution in [0.1, 0.15) is 35.3 Å². The number of esters is 1. The predicted molar refractivity (Wildman–Crippen MR) is 158 cm³/mol. The maximum absolute atomic E-state index is 12.8. The van der Waals surface area contributed by atoms with Gasteiger partial charge in [-0.05, 0) is 84.3 Å². The summed E-state index contributed by atoms with van der Waals surface area (Å²) in [5, 5.41) is 14.7. The molecule has 0 saturated carbocycles. The Kier molecular flexibility index (Phi) is 9.55. The zero-order valence-electron chi connectivity index (χ0n) is 22.1. The molecular weight excluding hydrogens is 572 g/mol. The summed E-state index contributed by atoms with van der Waals surface area (Å²) in [4.78, 5) is 24.7. The van der Waals surface area contributed by atoms with E-state index in [0.29, 0.717) is 46.0 Å². The summed E-state index contributed by atoms with van der Waals surface area (Å²) in [6.45, 7) is 4.61. The highest BCUT2D eigenvalue weighted by molar-refractivity contribution is 9.10. The first kappa shape index (κ1) is 28.4. The van der Waals surface area contributed by atoms with Gasteiger partial charge in [0.05, 0.1) is 18.8 Å². The van der Waals surface area contributed by atoms with Crippen LogP contribution in [0.5, 0.6) is 11.5 Å². The Morgan fingerprint density at radius 2 is 1.62 bits per heavy atom. The van der Waals surface area contributed by atoms with Crippen molar-refractivity contribution in [3.05, 3.63) is 106 Å². The molecule has 40 heavy (non-hydrogen) atoms. The topological polar surface area (TPSA) is 97.7 Å². The fourth-order valence-electron chi connectivity index (χ4n) is 3.94. The number of carbonyl (C=O) groups excluding carboxylic acids is 2. The first-order valence-corrected chi connectivity index (χ1v) is 13.5. The lowest BCUT2D eigenvalue weighted by Crippen LogP contribution is -2.13. The molecule has 0 bridgehead atoms. The highest BCUT2D eigenvalue weighted by atomic mass is 79.9. The standard InChI is InChI=1S/C32H27BrN2O5/c1-3-38-29-17-25(16-26(19-34)31(36)35-27-13-11-23(12-14-27)32(37)39-4-2)28(33)18-30(29)40-20-21-9-10-22-7-5-6-8-24(22)15-21/h5-18H,3-4,20H2,1-2H3,(H,35,36)/b26-16+. The van der Waals surface area contributed by atoms with E-state index in [2.05, 4.69) is 45.5 Å². The second-order valence-electron chi connectivity index (χ2n) is 8.65. The Morgan fingerprint density at radius 3 is 2.33 bits per heavy atom. The Labute approximate surface area is 241 Å². The van der Waals surface area contributed by atoms with Crippen molar-refractivity contribution in [2.24, 2.45) is 0 Å². The largest absolute Gasteiger partial charge is 0.490 e. The van der Waals surface area contributed by atoms with Crippen LogP contribution in [0.15, 0.2) is 88.9 Å². The molecule has 4 aromatic carbocycles. The number of halogens is 1. The summed E-state index contributed by atoms with van der Waals surface area (Å²) in [7, 11) is 0. The maximum atomic E-state index is 12.8. The third kappa shape index (κ3) is 7.07. The molecule has 8 heteroatoms. The number of rotatable bonds is 10. The van der Waals surface area contributed by atoms with E-state index < -0.39 is 11.9 Å². The van der Waals surface area contributed by atoms with E-state index >= 15 is 0 Å². The molecule has 0 aliphatic rings. The van der Waals surface area contributed by atoms with Crippen molar-refractivity contribution in [1.29, 1.82) is 5.26 Å². The van der Waals surface area contributed by atoms with Crippen molar-refractivity contribution >= 4 is 50.3 Å². The fourth-order valence-corrected chi connectivity index (χ4v) is 4.38. The molecule has 4 rings (SSSR count). The molecule has 0 aromatic heterocycles. The van der Waals surface area contributed by atoms with Crippen LogP contribution in [0.2, 0.25) is 0 Å². The van der Waals surface area contributed by atoms with Crippen molar-refractivity contribution in [2.75, 3.05) is 18.5 Å². The number of hydrogen-bond donors (Lipinski definition) is 1. The van der Waals surface area contributed by atoms with Crippen molar-refractivity contribution in [2.45, 2.75) is 20.5 Å². The van der Waals surface area contributed by atoms with Gasteiger partial charge in [-0.1, -0.05) is 52.3 Å². The quantitative estimate of drug-likeness (QED) is 0.117. The molecule has 0 unspecified atom stereocenters. The molecule has 0 aliphatic heterocycles. The number of fused-ring (bicyclic) bond motifs is 1. The molecule has 0 atom stereocenters. The molecule has 1 amide bonds. The van der Waals surface area contributed by atoms with Gasteiger partial charge in [-0.3, -0.25) is 4.79 Å². The second-order valence-corrected chi connectivity index (χ2v) is 9.50. The molecule has 0 aliphatic carbocycles. The summed E-state index contributed by atoms with van der Waals surface area (Å²) in [6.07, 6.45) is 1.47. The lowest BCUT2D eigenvalue weighted by molar-refractivity contribution is -0.112. The normalized spacial score (nSPS) is 11.0. The number of hydrogen-bond acceptors (Lipinski definition) is 6. The molecule has 202 valence electrons. The van der Waals surface area contributed by atoms with E-state index in [-0.39, 0.29) is 12.2 Å². The Morgan fingerprint density at radius 1 is 0.900 bits per heavy atom. The van der Waals surface area contributed by atoms with E-state index in [1.807, 2.05) is 31.2 Å². The fraction of sp³-hybridized carbons (Fsp3) is 0.156. The Hall–Kier alpha value is -4.61. The van der Waals surface area contributed by atoms with E-state index in [1.165, 1.54) is 6.08 Å². The summed E-state index contributed by atoms with van der Waals surface area (Å²) in [5.41, 5.74) is 2.28. The van der Waals surface area contributed by atoms with E-state index in [1.54, 1.807) is 43.3 Å². The molecule has 0 fully saturated rings. The lowest BCUT2D eigenvalue weighted by atomic mass is 10.1. The van der Waals surface area contributed by atoms with Gasteiger partial charge in [0.1, 0.15) is 18.2 Å². The predicted octanol–water partition coefficient (Wildman–Crippen LogP) is 7.30. The third-order valence-corrected chi connectivity index (χ3v) is 6.58. The van der Waals surface area contributed by atoms with Crippen LogP contribution in [-0.4, -0.2) is 25.1 Å². The number of anilines is 1. The van der Waals surface area contributed by atoms with Crippen LogP contribution in [0.3, 0.4) is 0 Å². The van der Waals surface area contributed by atoms with Crippen molar-refractivity contribution in [1.82, 2.24) is 0 Å². The number of ether oxygens (including phenoxy) is 3. The minimum Gasteiger partial charge on any atom is -0.490 e. The summed E-state index contributed by atoms with van der Waals surface area (Å²) in [5.74, 6) is -0.0147. The van der Waals surface area contributed by atoms with Crippen LogP contribution >= 0.6 is 15.9 Å². The van der Waals surface area contributed by atoms with Crippen LogP contribution in [-0.2, 0) is 16.1 Å². The monoisotopic (exact) mass is 598 g/mol. The van der Waals surface area contributed by atoms with Crippen LogP contribution in [0.25, 0.3) is 16.8 Å². The SMILES string of the molecule is CCOC(=O)c1ccc(NC(=O)/C(C#N)=C/c2cc(OCC)c(OCc3ccc4ccccc4c3)cc2Br)cc1. The van der Waals surface area contributed by atoms with Gasteiger partial charge in [0, 0.05) is 10.2 Å². The molecule has 7 nitrogen and oxygen atoms in total. The van der Waals surface area contributed by atoms with Crippen LogP contribution in [0.4, 0.5) is 5.69 Å². The van der Waals surface area contributed by atoms with Gasteiger partial charge >= 0.3 is 5.97 Å². The van der Waals surface area contributed by atoms with Gasteiger partial charge in [-0.25, -0.2) is 4.79 Å². The van der Waals surface area contributed by atoms with Gasteiger partial charge in [0.15, 0.2) is 11.5 Å². The van der Waals surface area contributed by atoms with Gasteiger partial charge in [-0.15, -0.1) is 0 Å². The van der Waals surface area contributed by atoms with E-state index in [4.69, 9.17) is 14.2 Å². The van der Waals surface area contributed by atoms with Crippen molar-refractivity contribution < 1.29 is 23.8 Å². The zero-order valence-corrected chi connectivity index (χ0v) is 23.7. The second kappa shape index (κ2) is 13.5. The van der Waals surface area contributed by atoms with Crippen molar-refractivity contribution in [3.8, 4) is 17.6 Å². The highest BCUT2D eigenvalue weighted by Crippen LogP contribution is 2.35. The first-order chi connectivity index (χ1) is 19.4. The lowest BCUT2D eigenvalue weighted by Gasteiger charge is -2.14. The molecular formula is C32H27BrN2O5. The van der Waals surface area contributed by atoms with Gasteiger partial charge in [-0.2, -0.15) is 5.26 Å². The summed E-state index contributed by atoms with van der Waals surface area (Å²) < 4.78 is 17.5. The van der Waals surface area contributed by atoms with Gasteiger partial charge in [0.2, 0.25) is 0 Å². The zero-order chi connectivity index (χ0) is 28.5. The molecule has 0 heterocycles. The number of carbonyl (C=O) groups is 2. The molecule has 4 aromatic rings. The van der Waals surface area contributed by atoms with Crippen molar-refractivity contribution in [3.63, 3.8) is 0 Å². The van der Waals surface area contributed by atoms with E-state index in [9.17, 15) is 14.9 Å². The molecule has 0 radical (unpaired) electrons. The average Bonchev–Trinajstić information content (AvgIpc) is 2.96. The first-order valence-electron chi connectivity index (χ1n) is 12.7. The number of nitrogens with zero attached hydrogens (tertiary/aromatic N) is 1. The number of nitriles is 1. The molecule has 0 spiro atoms. The molecule has 1 N–H and O–H groups in total. The van der Waals surface area contributed by atoms with E-state index in [0.717, 1.165) is 16.3 Å². The smallest absolute Gasteiger partial charge is 0.338 e. The van der Waals surface area contributed by atoms with Gasteiger partial charge in [0.25, 0.3) is 5.91 Å². The average molecular weight is 599 g/mol. The minimum absolute atomic E-state index is 0.109. The third-order valence-electron chi connectivity index (χ3n) is 5.89. The van der Waals surface area contributed by atoms with Crippen LogP contribution < -0.4 is 14.8 Å². The summed E-state index contributed by atoms with van der Waals surface area (Å²) >= 11 is 3.53. The minimum atomic E-state index is -0.590. The Bertz CT molecular complexity index is 1610. The van der Waals surface area contributed by atoms with Crippen LogP contribution in [0, 0.1) is 11.3 Å². The summed E-state index contributed by atoms with van der Waals surface area (Å²) in [6, 6.07) is 26.0. The molecule has 0 saturated heterocycles. The number of benzene rings is 4. The maximum Gasteiger partial charge on any atom is 0.338 e.